The van der Waals surface area contributed by atoms with Crippen LogP contribution in [0.15, 0.2) is 12.4 Å². The lowest BCUT2D eigenvalue weighted by molar-refractivity contribution is -0.169. The summed E-state index contributed by atoms with van der Waals surface area (Å²) in [4.78, 5) is 16.3. The molecule has 112 valence electrons. The molecule has 1 aliphatic heterocycles. The maximum absolute atomic E-state index is 12.2. The SMILES string of the molecule is CC(Br)C1(c2nccn2C(=O)OC(C)(C)C)OCCO1. The summed E-state index contributed by atoms with van der Waals surface area (Å²) in [5.74, 6) is -0.686. The van der Waals surface area contributed by atoms with Crippen LogP contribution in [0.2, 0.25) is 0 Å². The van der Waals surface area contributed by atoms with Crippen molar-refractivity contribution >= 4 is 22.0 Å². The summed E-state index contributed by atoms with van der Waals surface area (Å²) in [6.07, 6.45) is 2.57. The number of hydrogen-bond donors (Lipinski definition) is 0. The van der Waals surface area contributed by atoms with Gasteiger partial charge in [-0.2, -0.15) is 0 Å². The topological polar surface area (TPSA) is 62.6 Å². The highest BCUT2D eigenvalue weighted by Gasteiger charge is 2.47. The second-order valence-electron chi connectivity index (χ2n) is 5.58. The van der Waals surface area contributed by atoms with Gasteiger partial charge in [0, 0.05) is 12.4 Å². The lowest BCUT2D eigenvalue weighted by Gasteiger charge is -2.30. The van der Waals surface area contributed by atoms with Crippen LogP contribution in [0.25, 0.3) is 0 Å². The van der Waals surface area contributed by atoms with E-state index < -0.39 is 17.5 Å². The standard InChI is InChI=1S/C13H19BrN2O4/c1-9(14)13(18-7-8-19-13)10-15-5-6-16(10)11(17)20-12(2,3)4/h5-6,9H,7-8H2,1-4H3. The molecule has 1 atom stereocenters. The summed E-state index contributed by atoms with van der Waals surface area (Å²) in [7, 11) is 0. The molecule has 1 aromatic rings. The van der Waals surface area contributed by atoms with Crippen LogP contribution in [-0.2, 0) is 20.0 Å². The van der Waals surface area contributed by atoms with Crippen molar-refractivity contribution in [3.05, 3.63) is 18.2 Å². The van der Waals surface area contributed by atoms with Crippen LogP contribution in [0.5, 0.6) is 0 Å². The van der Waals surface area contributed by atoms with Gasteiger partial charge in [0.05, 0.1) is 18.0 Å². The Morgan fingerprint density at radius 2 is 2.10 bits per heavy atom. The summed E-state index contributed by atoms with van der Waals surface area (Å²) < 4.78 is 18.1. The number of carbonyl (C=O) groups is 1. The summed E-state index contributed by atoms with van der Waals surface area (Å²) in [6, 6.07) is 0. The van der Waals surface area contributed by atoms with Gasteiger partial charge in [-0.3, -0.25) is 0 Å². The summed E-state index contributed by atoms with van der Waals surface area (Å²) in [5, 5.41) is 0. The molecule has 0 bridgehead atoms. The molecule has 0 radical (unpaired) electrons. The molecule has 2 rings (SSSR count). The molecule has 0 spiro atoms. The lowest BCUT2D eigenvalue weighted by Crippen LogP contribution is -2.40. The monoisotopic (exact) mass is 346 g/mol. The molecule has 0 aromatic carbocycles. The van der Waals surface area contributed by atoms with Crippen LogP contribution in [0.4, 0.5) is 4.79 Å². The molecule has 1 saturated heterocycles. The Hall–Kier alpha value is -0.920. The van der Waals surface area contributed by atoms with E-state index in [1.54, 1.807) is 6.20 Å². The van der Waals surface area contributed by atoms with Gasteiger partial charge >= 0.3 is 6.09 Å². The van der Waals surface area contributed by atoms with E-state index in [2.05, 4.69) is 20.9 Å². The van der Waals surface area contributed by atoms with Gasteiger partial charge in [-0.1, -0.05) is 15.9 Å². The molecule has 1 fully saturated rings. The maximum atomic E-state index is 12.2. The van der Waals surface area contributed by atoms with Crippen LogP contribution in [0.3, 0.4) is 0 Å². The van der Waals surface area contributed by atoms with Gasteiger partial charge in [-0.15, -0.1) is 0 Å². The predicted octanol–water partition coefficient (Wildman–Crippen LogP) is 2.65. The summed E-state index contributed by atoms with van der Waals surface area (Å²) in [6.45, 7) is 8.24. The molecule has 0 aliphatic carbocycles. The number of rotatable bonds is 2. The van der Waals surface area contributed by atoms with Crippen molar-refractivity contribution in [1.82, 2.24) is 9.55 Å². The third-order valence-corrected chi connectivity index (χ3v) is 3.39. The van der Waals surface area contributed by atoms with E-state index in [0.29, 0.717) is 19.0 Å². The Bertz CT molecular complexity index is 487. The predicted molar refractivity (Wildman–Crippen MR) is 75.8 cm³/mol. The zero-order valence-electron chi connectivity index (χ0n) is 12.1. The van der Waals surface area contributed by atoms with E-state index >= 15 is 0 Å². The molecular formula is C13H19BrN2O4. The number of ether oxygens (including phenoxy) is 3. The molecule has 7 heteroatoms. The number of halogens is 1. The minimum Gasteiger partial charge on any atom is -0.443 e. The quantitative estimate of drug-likeness (QED) is 0.770. The van der Waals surface area contributed by atoms with Crippen molar-refractivity contribution < 1.29 is 19.0 Å². The Labute approximate surface area is 126 Å². The number of alkyl halides is 1. The zero-order chi connectivity index (χ0) is 15.0. The van der Waals surface area contributed by atoms with Crippen molar-refractivity contribution in [1.29, 1.82) is 0 Å². The third-order valence-electron chi connectivity index (χ3n) is 2.78. The van der Waals surface area contributed by atoms with E-state index in [0.717, 1.165) is 0 Å². The summed E-state index contributed by atoms with van der Waals surface area (Å²) >= 11 is 3.47. The Balaban J connectivity index is 2.35. The van der Waals surface area contributed by atoms with Crippen LogP contribution < -0.4 is 0 Å². The number of aromatic nitrogens is 2. The first-order valence-corrected chi connectivity index (χ1v) is 7.37. The summed E-state index contributed by atoms with van der Waals surface area (Å²) in [5.41, 5.74) is -0.580. The highest BCUT2D eigenvalue weighted by atomic mass is 79.9. The molecule has 0 N–H and O–H groups in total. The van der Waals surface area contributed by atoms with Crippen LogP contribution in [-0.4, -0.2) is 39.3 Å². The number of nitrogens with zero attached hydrogens (tertiary/aromatic N) is 2. The first-order valence-electron chi connectivity index (χ1n) is 6.45. The maximum Gasteiger partial charge on any atom is 0.420 e. The number of carbonyl (C=O) groups excluding carboxylic acids is 1. The van der Waals surface area contributed by atoms with E-state index in [1.165, 1.54) is 10.8 Å². The van der Waals surface area contributed by atoms with Gasteiger partial charge < -0.3 is 14.2 Å². The fraction of sp³-hybridized carbons (Fsp3) is 0.692. The normalized spacial score (nSPS) is 19.9. The van der Waals surface area contributed by atoms with Crippen LogP contribution >= 0.6 is 15.9 Å². The fourth-order valence-corrected chi connectivity index (χ4v) is 2.45. The second kappa shape index (κ2) is 5.46. The van der Waals surface area contributed by atoms with Gasteiger partial charge in [0.2, 0.25) is 5.79 Å². The highest BCUT2D eigenvalue weighted by molar-refractivity contribution is 9.09. The lowest BCUT2D eigenvalue weighted by atomic mass is 10.2. The van der Waals surface area contributed by atoms with Gasteiger partial charge in [0.25, 0.3) is 0 Å². The van der Waals surface area contributed by atoms with E-state index in [1.807, 2.05) is 27.7 Å². The Morgan fingerprint density at radius 1 is 1.50 bits per heavy atom. The average Bonchev–Trinajstić information content (AvgIpc) is 2.96. The molecule has 1 aliphatic rings. The zero-order valence-corrected chi connectivity index (χ0v) is 13.6. The average molecular weight is 347 g/mol. The first-order chi connectivity index (χ1) is 9.26. The van der Waals surface area contributed by atoms with Crippen molar-refractivity contribution in [2.75, 3.05) is 13.2 Å². The molecule has 0 amide bonds. The molecule has 1 aromatic heterocycles. The fourth-order valence-electron chi connectivity index (χ4n) is 1.98. The molecule has 0 saturated carbocycles. The van der Waals surface area contributed by atoms with Crippen molar-refractivity contribution in [2.45, 2.75) is 43.9 Å². The van der Waals surface area contributed by atoms with Crippen molar-refractivity contribution in [3.63, 3.8) is 0 Å². The second-order valence-corrected chi connectivity index (χ2v) is 6.96. The van der Waals surface area contributed by atoms with E-state index in [-0.39, 0.29) is 4.83 Å². The van der Waals surface area contributed by atoms with Crippen molar-refractivity contribution in [2.24, 2.45) is 0 Å². The number of imidazole rings is 1. The largest absolute Gasteiger partial charge is 0.443 e. The Kier molecular flexibility index (Phi) is 4.22. The minimum absolute atomic E-state index is 0.166. The van der Waals surface area contributed by atoms with Gasteiger partial charge in [-0.05, 0) is 27.7 Å². The smallest absolute Gasteiger partial charge is 0.420 e. The van der Waals surface area contributed by atoms with Crippen LogP contribution in [0.1, 0.15) is 33.5 Å². The van der Waals surface area contributed by atoms with E-state index in [9.17, 15) is 4.79 Å². The Morgan fingerprint density at radius 3 is 2.60 bits per heavy atom. The van der Waals surface area contributed by atoms with Gasteiger partial charge in [0.15, 0.2) is 5.82 Å². The third kappa shape index (κ3) is 2.89. The van der Waals surface area contributed by atoms with Crippen molar-refractivity contribution in [3.8, 4) is 0 Å². The molecule has 6 nitrogen and oxygen atoms in total. The van der Waals surface area contributed by atoms with E-state index in [4.69, 9.17) is 14.2 Å². The molecule has 20 heavy (non-hydrogen) atoms. The molecule has 2 heterocycles. The van der Waals surface area contributed by atoms with Crippen LogP contribution in [0, 0.1) is 0 Å². The first kappa shape index (κ1) is 15.5. The number of hydrogen-bond acceptors (Lipinski definition) is 5. The van der Waals surface area contributed by atoms with Gasteiger partial charge in [0.1, 0.15) is 5.60 Å². The molecular weight excluding hydrogens is 328 g/mol. The highest BCUT2D eigenvalue weighted by Crippen LogP contribution is 2.37. The minimum atomic E-state index is -1.07. The molecule has 1 unspecified atom stereocenters. The van der Waals surface area contributed by atoms with Gasteiger partial charge in [-0.25, -0.2) is 14.3 Å².